The molecule has 1 saturated carbocycles. The number of non-ortho nitro benzene ring substituents is 1. The number of alkyl halides is 3. The fourth-order valence-corrected chi connectivity index (χ4v) is 4.79. The molecule has 1 heterocycles. The van der Waals surface area contributed by atoms with E-state index in [0.717, 1.165) is 17.5 Å². The van der Waals surface area contributed by atoms with Gasteiger partial charge in [0, 0.05) is 27.0 Å². The number of amides is 1. The molecule has 1 aromatic carbocycles. The van der Waals surface area contributed by atoms with Crippen molar-refractivity contribution in [3.8, 4) is 0 Å². The first-order valence-corrected chi connectivity index (χ1v) is 10.1. The number of halogens is 6. The van der Waals surface area contributed by atoms with Crippen LogP contribution in [0.3, 0.4) is 0 Å². The molecule has 0 atom stereocenters. The Balaban J connectivity index is 1.86. The number of nitro groups is 1. The first-order chi connectivity index (χ1) is 13.0. The molecule has 1 aliphatic carbocycles. The smallest absolute Gasteiger partial charge is 0.323 e. The number of aromatic nitrogens is 2. The van der Waals surface area contributed by atoms with Gasteiger partial charge in [-0.05, 0) is 60.6 Å². The van der Waals surface area contributed by atoms with Crippen LogP contribution in [0.5, 0.6) is 0 Å². The summed E-state index contributed by atoms with van der Waals surface area (Å²) in [5, 5.41) is 17.0. The monoisotopic (exact) mass is 588 g/mol. The summed E-state index contributed by atoms with van der Waals surface area (Å²) >= 11 is 9.25. The third-order valence-corrected chi connectivity index (χ3v) is 5.99. The SMILES string of the molecule is O=C(Cn1nc(C(F)(F)F)c(Br)c1C1CC1)Nc1c(Br)cc([N+](=O)[O-])cc1Br. The number of benzene rings is 1. The van der Waals surface area contributed by atoms with E-state index >= 15 is 0 Å². The number of anilines is 1. The second kappa shape index (κ2) is 7.75. The van der Waals surface area contributed by atoms with Crippen LogP contribution in [0.15, 0.2) is 25.6 Å². The van der Waals surface area contributed by atoms with Crippen LogP contribution in [0.25, 0.3) is 0 Å². The summed E-state index contributed by atoms with van der Waals surface area (Å²) in [4.78, 5) is 22.7. The van der Waals surface area contributed by atoms with E-state index in [4.69, 9.17) is 0 Å². The summed E-state index contributed by atoms with van der Waals surface area (Å²) < 4.78 is 40.8. The van der Waals surface area contributed by atoms with E-state index in [-0.39, 0.29) is 30.7 Å². The zero-order valence-electron chi connectivity index (χ0n) is 13.7. The van der Waals surface area contributed by atoms with E-state index in [1.165, 1.54) is 12.1 Å². The van der Waals surface area contributed by atoms with E-state index in [1.807, 2.05) is 0 Å². The molecule has 1 aromatic heterocycles. The van der Waals surface area contributed by atoms with Crippen LogP contribution in [0.2, 0.25) is 0 Å². The molecule has 150 valence electrons. The molecular weight excluding hydrogens is 581 g/mol. The number of nitro benzene ring substituents is 1. The maximum atomic E-state index is 13.1. The molecule has 13 heteroatoms. The highest BCUT2D eigenvalue weighted by atomic mass is 79.9. The highest BCUT2D eigenvalue weighted by molar-refractivity contribution is 9.11. The van der Waals surface area contributed by atoms with Gasteiger partial charge in [-0.1, -0.05) is 0 Å². The van der Waals surface area contributed by atoms with Crippen molar-refractivity contribution >= 4 is 65.1 Å². The van der Waals surface area contributed by atoms with Crippen LogP contribution in [-0.4, -0.2) is 20.6 Å². The van der Waals surface area contributed by atoms with Crippen molar-refractivity contribution in [1.29, 1.82) is 0 Å². The lowest BCUT2D eigenvalue weighted by atomic mass is 10.2. The normalized spacial score (nSPS) is 14.2. The Morgan fingerprint density at radius 3 is 2.32 bits per heavy atom. The van der Waals surface area contributed by atoms with Crippen LogP contribution >= 0.6 is 47.8 Å². The molecule has 1 fully saturated rings. The Labute approximate surface area is 181 Å². The zero-order valence-corrected chi connectivity index (χ0v) is 18.4. The zero-order chi connectivity index (χ0) is 20.8. The lowest BCUT2D eigenvalue weighted by molar-refractivity contribution is -0.385. The van der Waals surface area contributed by atoms with Gasteiger partial charge in [-0.15, -0.1) is 0 Å². The molecule has 7 nitrogen and oxygen atoms in total. The number of nitrogens with zero attached hydrogens (tertiary/aromatic N) is 3. The Bertz CT molecular complexity index is 950. The first kappa shape index (κ1) is 21.2. The fraction of sp³-hybridized carbons (Fsp3) is 0.333. The van der Waals surface area contributed by atoms with E-state index in [0.29, 0.717) is 5.69 Å². The van der Waals surface area contributed by atoms with Gasteiger partial charge in [-0.25, -0.2) is 0 Å². The average Bonchev–Trinajstić information content (AvgIpc) is 3.34. The minimum absolute atomic E-state index is 0.0800. The number of hydrogen-bond acceptors (Lipinski definition) is 4. The van der Waals surface area contributed by atoms with Gasteiger partial charge >= 0.3 is 6.18 Å². The quantitative estimate of drug-likeness (QED) is 0.362. The van der Waals surface area contributed by atoms with Crippen LogP contribution in [0.1, 0.15) is 30.1 Å². The molecule has 28 heavy (non-hydrogen) atoms. The lowest BCUT2D eigenvalue weighted by Gasteiger charge is -2.11. The van der Waals surface area contributed by atoms with Crippen LogP contribution < -0.4 is 5.32 Å². The van der Waals surface area contributed by atoms with Crippen molar-refractivity contribution in [2.24, 2.45) is 0 Å². The summed E-state index contributed by atoms with van der Waals surface area (Å²) in [6.07, 6.45) is -3.19. The van der Waals surface area contributed by atoms with Crippen molar-refractivity contribution in [2.75, 3.05) is 5.32 Å². The maximum absolute atomic E-state index is 13.1. The van der Waals surface area contributed by atoms with Crippen molar-refractivity contribution in [3.63, 3.8) is 0 Å². The second-order valence-electron chi connectivity index (χ2n) is 6.07. The van der Waals surface area contributed by atoms with Gasteiger partial charge in [0.1, 0.15) is 6.54 Å². The van der Waals surface area contributed by atoms with Crippen LogP contribution in [0, 0.1) is 10.1 Å². The summed E-state index contributed by atoms with van der Waals surface area (Å²) in [5.41, 5.74) is -0.700. The number of hydrogen-bond donors (Lipinski definition) is 1. The summed E-state index contributed by atoms with van der Waals surface area (Å²) in [7, 11) is 0. The number of carbonyl (C=O) groups excluding carboxylic acids is 1. The molecule has 3 rings (SSSR count). The average molecular weight is 591 g/mol. The molecule has 1 N–H and O–H groups in total. The summed E-state index contributed by atoms with van der Waals surface area (Å²) in [5.74, 6) is -0.704. The highest BCUT2D eigenvalue weighted by Crippen LogP contribution is 2.47. The van der Waals surface area contributed by atoms with E-state index < -0.39 is 29.2 Å². The van der Waals surface area contributed by atoms with Crippen molar-refractivity contribution in [3.05, 3.63) is 47.1 Å². The van der Waals surface area contributed by atoms with E-state index in [1.54, 1.807) is 0 Å². The first-order valence-electron chi connectivity index (χ1n) is 7.75. The summed E-state index contributed by atoms with van der Waals surface area (Å²) in [6, 6.07) is 2.42. The molecule has 1 amide bonds. The molecule has 0 aliphatic heterocycles. The van der Waals surface area contributed by atoms with Crippen LogP contribution in [-0.2, 0) is 17.5 Å². The van der Waals surface area contributed by atoms with Gasteiger partial charge < -0.3 is 5.32 Å². The number of rotatable bonds is 5. The van der Waals surface area contributed by atoms with Gasteiger partial charge in [0.15, 0.2) is 5.69 Å². The predicted molar refractivity (Wildman–Crippen MR) is 104 cm³/mol. The third-order valence-electron chi connectivity index (χ3n) is 3.96. The van der Waals surface area contributed by atoms with E-state index in [2.05, 4.69) is 58.2 Å². The fourth-order valence-electron chi connectivity index (χ4n) is 2.60. The molecule has 0 saturated heterocycles. The van der Waals surface area contributed by atoms with Crippen molar-refractivity contribution < 1.29 is 22.9 Å². The number of nitrogens with one attached hydrogen (secondary N) is 1. The van der Waals surface area contributed by atoms with E-state index in [9.17, 15) is 28.1 Å². The molecule has 0 bridgehead atoms. The minimum atomic E-state index is -4.64. The van der Waals surface area contributed by atoms with Gasteiger partial charge in [0.25, 0.3) is 5.69 Å². The highest BCUT2D eigenvalue weighted by Gasteiger charge is 2.42. The molecule has 0 radical (unpaired) electrons. The second-order valence-corrected chi connectivity index (χ2v) is 8.57. The molecule has 1 aliphatic rings. The van der Waals surface area contributed by atoms with Gasteiger partial charge in [-0.3, -0.25) is 19.6 Å². The van der Waals surface area contributed by atoms with Gasteiger partial charge in [0.2, 0.25) is 5.91 Å². The maximum Gasteiger partial charge on any atom is 0.436 e. The van der Waals surface area contributed by atoms with Gasteiger partial charge in [-0.2, -0.15) is 18.3 Å². The molecule has 2 aromatic rings. The largest absolute Gasteiger partial charge is 0.436 e. The predicted octanol–water partition coefficient (Wildman–Crippen LogP) is 5.61. The van der Waals surface area contributed by atoms with Crippen LogP contribution in [0.4, 0.5) is 24.5 Å². The number of carbonyl (C=O) groups is 1. The Kier molecular flexibility index (Phi) is 5.88. The Morgan fingerprint density at radius 1 is 1.29 bits per heavy atom. The Morgan fingerprint density at radius 2 is 1.86 bits per heavy atom. The molecular formula is C15H10Br3F3N4O3. The van der Waals surface area contributed by atoms with Gasteiger partial charge in [0.05, 0.1) is 20.8 Å². The topological polar surface area (TPSA) is 90.1 Å². The molecule has 0 unspecified atom stereocenters. The standard InChI is InChI=1S/C15H10Br3F3N4O3/c16-8-3-7(25(27)28)4-9(17)12(8)22-10(26)5-24-13(6-1-2-6)11(18)14(23-24)15(19,20)21/h3-4,6H,1-2,5H2,(H,22,26). The lowest BCUT2D eigenvalue weighted by Crippen LogP contribution is -2.21. The summed E-state index contributed by atoms with van der Waals surface area (Å²) in [6.45, 7) is -0.434. The molecule has 0 spiro atoms. The minimum Gasteiger partial charge on any atom is -0.323 e. The Hall–Kier alpha value is -1.47. The van der Waals surface area contributed by atoms with Crippen molar-refractivity contribution in [2.45, 2.75) is 31.5 Å². The third kappa shape index (κ3) is 4.40. The van der Waals surface area contributed by atoms with Crippen molar-refractivity contribution in [1.82, 2.24) is 9.78 Å².